The number of fused-ring (bicyclic) bond motifs is 1. The Morgan fingerprint density at radius 3 is 2.66 bits per heavy atom. The van der Waals surface area contributed by atoms with E-state index >= 15 is 0 Å². The van der Waals surface area contributed by atoms with Crippen molar-refractivity contribution in [3.8, 4) is 0 Å². The van der Waals surface area contributed by atoms with E-state index in [4.69, 9.17) is 0 Å². The van der Waals surface area contributed by atoms with E-state index in [2.05, 4.69) is 37.7 Å². The van der Waals surface area contributed by atoms with Crippen molar-refractivity contribution in [1.29, 1.82) is 0 Å². The van der Waals surface area contributed by atoms with Gasteiger partial charge in [0.2, 0.25) is 5.95 Å². The normalized spacial score (nSPS) is 10.8. The molecule has 4 aromatic rings. The van der Waals surface area contributed by atoms with Crippen LogP contribution in [0, 0.1) is 13.8 Å². The first kappa shape index (κ1) is 18.7. The highest BCUT2D eigenvalue weighted by atomic mass is 16.1. The van der Waals surface area contributed by atoms with Gasteiger partial charge in [-0.1, -0.05) is 36.4 Å². The van der Waals surface area contributed by atoms with Crippen LogP contribution in [0.2, 0.25) is 0 Å². The largest absolute Gasteiger partial charge is 0.361 e. The van der Waals surface area contributed by atoms with Crippen molar-refractivity contribution in [3.63, 3.8) is 0 Å². The molecule has 6 heteroatoms. The van der Waals surface area contributed by atoms with Gasteiger partial charge in [0.05, 0.1) is 0 Å². The Morgan fingerprint density at radius 2 is 1.83 bits per heavy atom. The van der Waals surface area contributed by atoms with Crippen LogP contribution in [0.1, 0.15) is 27.2 Å². The lowest BCUT2D eigenvalue weighted by Crippen LogP contribution is -2.17. The summed E-state index contributed by atoms with van der Waals surface area (Å²) in [4.78, 5) is 24.5. The SMILES string of the molecule is Cc1cccc(C)c1NC(=O)c1ccnc(NCCc2c[nH]c3ccccc23)n1. The number of anilines is 2. The molecule has 2 heterocycles. The van der Waals surface area contributed by atoms with Gasteiger partial charge in [0.1, 0.15) is 5.69 Å². The lowest BCUT2D eigenvalue weighted by molar-refractivity contribution is 0.102. The second-order valence-corrected chi connectivity index (χ2v) is 7.02. The predicted octanol–water partition coefficient (Wildman–Crippen LogP) is 4.48. The molecule has 0 aliphatic rings. The molecule has 0 aliphatic carbocycles. The number of hydrogen-bond acceptors (Lipinski definition) is 4. The van der Waals surface area contributed by atoms with Crippen LogP contribution in [0.3, 0.4) is 0 Å². The quantitative estimate of drug-likeness (QED) is 0.457. The van der Waals surface area contributed by atoms with Crippen molar-refractivity contribution in [3.05, 3.63) is 83.3 Å². The topological polar surface area (TPSA) is 82.7 Å². The number of carbonyl (C=O) groups is 1. The molecule has 146 valence electrons. The number of nitrogens with one attached hydrogen (secondary N) is 3. The fraction of sp³-hybridized carbons (Fsp3) is 0.174. The van der Waals surface area contributed by atoms with Crippen molar-refractivity contribution >= 4 is 28.4 Å². The van der Waals surface area contributed by atoms with Gasteiger partial charge in [0.25, 0.3) is 5.91 Å². The molecule has 4 rings (SSSR count). The van der Waals surface area contributed by atoms with Crippen molar-refractivity contribution in [2.45, 2.75) is 20.3 Å². The third-order valence-electron chi connectivity index (χ3n) is 4.96. The number of nitrogens with zero attached hydrogens (tertiary/aromatic N) is 2. The van der Waals surface area contributed by atoms with E-state index in [9.17, 15) is 4.79 Å². The highest BCUT2D eigenvalue weighted by Crippen LogP contribution is 2.20. The van der Waals surface area contributed by atoms with Gasteiger partial charge in [-0.15, -0.1) is 0 Å². The first-order valence-electron chi connectivity index (χ1n) is 9.61. The Labute approximate surface area is 169 Å². The summed E-state index contributed by atoms with van der Waals surface area (Å²) in [5.41, 5.74) is 5.55. The molecule has 0 fully saturated rings. The van der Waals surface area contributed by atoms with E-state index in [-0.39, 0.29) is 5.91 Å². The molecule has 29 heavy (non-hydrogen) atoms. The summed E-state index contributed by atoms with van der Waals surface area (Å²) in [6, 6.07) is 15.8. The molecule has 0 atom stereocenters. The molecule has 0 saturated heterocycles. The zero-order valence-electron chi connectivity index (χ0n) is 16.5. The van der Waals surface area contributed by atoms with Gasteiger partial charge < -0.3 is 15.6 Å². The third-order valence-corrected chi connectivity index (χ3v) is 4.96. The van der Waals surface area contributed by atoms with Crippen LogP contribution in [-0.2, 0) is 6.42 Å². The molecule has 2 aromatic heterocycles. The first-order chi connectivity index (χ1) is 14.1. The zero-order chi connectivity index (χ0) is 20.2. The molecule has 3 N–H and O–H groups in total. The van der Waals surface area contributed by atoms with Gasteiger partial charge in [-0.3, -0.25) is 4.79 Å². The predicted molar refractivity (Wildman–Crippen MR) is 116 cm³/mol. The second kappa shape index (κ2) is 8.14. The Hall–Kier alpha value is -3.67. The Bertz CT molecular complexity index is 1140. The third kappa shape index (κ3) is 4.11. The molecule has 2 aromatic carbocycles. The number of H-pyrrole nitrogens is 1. The van der Waals surface area contributed by atoms with E-state index < -0.39 is 0 Å². The lowest BCUT2D eigenvalue weighted by atomic mass is 10.1. The minimum absolute atomic E-state index is 0.246. The van der Waals surface area contributed by atoms with Crippen LogP contribution in [0.25, 0.3) is 10.9 Å². The molecule has 0 radical (unpaired) electrons. The number of amides is 1. The Balaban J connectivity index is 1.41. The van der Waals surface area contributed by atoms with Crippen molar-refractivity contribution in [1.82, 2.24) is 15.0 Å². The van der Waals surface area contributed by atoms with E-state index in [1.807, 2.05) is 50.4 Å². The molecular formula is C23H23N5O. The molecular weight excluding hydrogens is 362 g/mol. The summed E-state index contributed by atoms with van der Waals surface area (Å²) in [5.74, 6) is 0.198. The smallest absolute Gasteiger partial charge is 0.274 e. The minimum Gasteiger partial charge on any atom is -0.361 e. The molecule has 0 aliphatic heterocycles. The molecule has 0 saturated carbocycles. The highest BCUT2D eigenvalue weighted by molar-refractivity contribution is 6.03. The fourth-order valence-electron chi connectivity index (χ4n) is 3.41. The average molecular weight is 385 g/mol. The van der Waals surface area contributed by atoms with Crippen molar-refractivity contribution < 1.29 is 4.79 Å². The molecule has 0 unspecified atom stereocenters. The first-order valence-corrected chi connectivity index (χ1v) is 9.61. The van der Waals surface area contributed by atoms with Crippen molar-refractivity contribution in [2.24, 2.45) is 0 Å². The highest BCUT2D eigenvalue weighted by Gasteiger charge is 2.12. The number of aryl methyl sites for hydroxylation is 2. The molecule has 1 amide bonds. The van der Waals surface area contributed by atoms with Crippen LogP contribution in [0.15, 0.2) is 60.9 Å². The maximum absolute atomic E-state index is 12.6. The van der Waals surface area contributed by atoms with Gasteiger partial charge in [-0.2, -0.15) is 0 Å². The number of hydrogen-bond donors (Lipinski definition) is 3. The number of aromatic nitrogens is 3. The number of para-hydroxylation sites is 2. The summed E-state index contributed by atoms with van der Waals surface area (Å²) in [7, 11) is 0. The maximum atomic E-state index is 12.6. The van der Waals surface area contributed by atoms with Crippen molar-refractivity contribution in [2.75, 3.05) is 17.2 Å². The van der Waals surface area contributed by atoms with Gasteiger partial charge in [-0.05, 0) is 49.1 Å². The summed E-state index contributed by atoms with van der Waals surface area (Å²) < 4.78 is 0. The number of carbonyl (C=O) groups excluding carboxylic acids is 1. The standard InChI is InChI=1S/C23H23N5O/c1-15-6-5-7-16(2)21(15)28-22(29)20-11-13-25-23(27-20)24-12-10-17-14-26-19-9-4-3-8-18(17)19/h3-9,11,13-14,26H,10,12H2,1-2H3,(H,28,29)(H,24,25,27). The minimum atomic E-state index is -0.246. The molecule has 6 nitrogen and oxygen atoms in total. The molecule has 0 spiro atoms. The van der Waals surface area contributed by atoms with Crippen LogP contribution in [0.4, 0.5) is 11.6 Å². The summed E-state index contributed by atoms with van der Waals surface area (Å²) >= 11 is 0. The fourth-order valence-corrected chi connectivity index (χ4v) is 3.41. The van der Waals surface area contributed by atoms with Gasteiger partial charge in [0.15, 0.2) is 0 Å². The number of rotatable bonds is 6. The van der Waals surface area contributed by atoms with Crippen LogP contribution in [-0.4, -0.2) is 27.4 Å². The lowest BCUT2D eigenvalue weighted by Gasteiger charge is -2.11. The van der Waals surface area contributed by atoms with E-state index in [1.165, 1.54) is 10.9 Å². The van der Waals surface area contributed by atoms with E-state index in [0.29, 0.717) is 18.2 Å². The summed E-state index contributed by atoms with van der Waals surface area (Å²) in [6.45, 7) is 4.62. The zero-order valence-corrected chi connectivity index (χ0v) is 16.5. The van der Waals surface area contributed by atoms with Crippen LogP contribution >= 0.6 is 0 Å². The number of benzene rings is 2. The summed E-state index contributed by atoms with van der Waals surface area (Å²) in [5, 5.41) is 7.39. The van der Waals surface area contributed by atoms with Crippen LogP contribution in [0.5, 0.6) is 0 Å². The van der Waals surface area contributed by atoms with Gasteiger partial charge in [0, 0.05) is 35.5 Å². The van der Waals surface area contributed by atoms with Crippen LogP contribution < -0.4 is 10.6 Å². The summed E-state index contributed by atoms with van der Waals surface area (Å²) in [6.07, 6.45) is 4.45. The second-order valence-electron chi connectivity index (χ2n) is 7.02. The Kier molecular flexibility index (Phi) is 5.24. The monoisotopic (exact) mass is 385 g/mol. The van der Waals surface area contributed by atoms with E-state index in [1.54, 1.807) is 12.3 Å². The Morgan fingerprint density at radius 1 is 1.03 bits per heavy atom. The van der Waals surface area contributed by atoms with Gasteiger partial charge in [-0.25, -0.2) is 9.97 Å². The number of aromatic amines is 1. The molecule has 0 bridgehead atoms. The maximum Gasteiger partial charge on any atom is 0.274 e. The van der Waals surface area contributed by atoms with Gasteiger partial charge >= 0.3 is 0 Å². The van der Waals surface area contributed by atoms with E-state index in [0.717, 1.165) is 28.8 Å². The average Bonchev–Trinajstić information content (AvgIpc) is 3.14.